The van der Waals surface area contributed by atoms with E-state index in [1.54, 1.807) is 0 Å². The third-order valence-electron chi connectivity index (χ3n) is 6.20. The lowest BCUT2D eigenvalue weighted by molar-refractivity contribution is -0.134. The van der Waals surface area contributed by atoms with Crippen LogP contribution in [0.1, 0.15) is 23.6 Å². The average Bonchev–Trinajstić information content (AvgIpc) is 3.11. The van der Waals surface area contributed by atoms with Crippen LogP contribution in [0, 0.1) is 0 Å². The van der Waals surface area contributed by atoms with Gasteiger partial charge in [-0.2, -0.15) is 0 Å². The van der Waals surface area contributed by atoms with Crippen LogP contribution in [0.25, 0.3) is 0 Å². The monoisotopic (exact) mass is 619 g/mol. The van der Waals surface area contributed by atoms with E-state index in [2.05, 4.69) is 46.2 Å². The molecule has 4 rings (SSSR count). The molecule has 0 aliphatic carbocycles. The Kier molecular flexibility index (Phi) is 14.8. The summed E-state index contributed by atoms with van der Waals surface area (Å²) in [7, 11) is 0. The molecule has 13 heteroatoms. The summed E-state index contributed by atoms with van der Waals surface area (Å²) in [6.45, 7) is 6.36. The molecule has 0 aromatic heterocycles. The summed E-state index contributed by atoms with van der Waals surface area (Å²) in [4.78, 5) is 46.1. The Morgan fingerprint density at radius 3 is 1.90 bits per heavy atom. The Morgan fingerprint density at radius 1 is 0.833 bits per heavy atom. The molecule has 0 spiro atoms. The van der Waals surface area contributed by atoms with E-state index in [4.69, 9.17) is 37.8 Å². The van der Waals surface area contributed by atoms with Crippen molar-refractivity contribution in [3.8, 4) is 0 Å². The fraction of sp³-hybridized carbons (Fsp3) is 0.310. The molecule has 1 unspecified atom stereocenters. The molecule has 2 aliphatic heterocycles. The van der Waals surface area contributed by atoms with Crippen molar-refractivity contribution in [2.24, 2.45) is 5.73 Å². The predicted octanol–water partition coefficient (Wildman–Crippen LogP) is 3.48. The van der Waals surface area contributed by atoms with Gasteiger partial charge in [-0.25, -0.2) is 19.2 Å². The van der Waals surface area contributed by atoms with Gasteiger partial charge in [0.15, 0.2) is 0 Å². The number of carboxylic acid groups (broad SMARTS) is 4. The van der Waals surface area contributed by atoms with Crippen molar-refractivity contribution in [1.82, 2.24) is 9.80 Å². The summed E-state index contributed by atoms with van der Waals surface area (Å²) in [5.74, 6) is -5.03. The first kappa shape index (κ1) is 34.5. The lowest BCUT2D eigenvalue weighted by Gasteiger charge is -2.39. The van der Waals surface area contributed by atoms with E-state index in [9.17, 15) is 19.2 Å². The van der Waals surface area contributed by atoms with E-state index in [1.165, 1.54) is 20.9 Å². The number of piperazine rings is 1. The van der Waals surface area contributed by atoms with E-state index in [1.807, 2.05) is 17.8 Å². The standard InChI is InChI=1S/C21H26ClN3S.2C4H4O4/c22-17-6-7-21-18(15-17)19(14-16-4-1-2-5-20(16)26-21)25-12-10-24(11-13-25)9-3-8-23;2*5-3(6)1-2-4(7)8/h1-2,4-7,15,19H,3,8-14,23H2;2*1-2H,(H,5,6)(H,7,8)/b;2*2-1+. The summed E-state index contributed by atoms with van der Waals surface area (Å²) in [5.41, 5.74) is 8.50. The number of fused-ring (bicyclic) bond motifs is 2. The highest BCUT2D eigenvalue weighted by molar-refractivity contribution is 7.99. The van der Waals surface area contributed by atoms with Crippen molar-refractivity contribution in [3.05, 3.63) is 82.9 Å². The van der Waals surface area contributed by atoms with E-state index in [0.29, 0.717) is 30.3 Å². The van der Waals surface area contributed by atoms with Crippen molar-refractivity contribution in [3.63, 3.8) is 0 Å². The van der Waals surface area contributed by atoms with Crippen molar-refractivity contribution in [2.75, 3.05) is 39.3 Å². The van der Waals surface area contributed by atoms with Crippen molar-refractivity contribution < 1.29 is 39.6 Å². The largest absolute Gasteiger partial charge is 0.478 e. The molecule has 0 amide bonds. The van der Waals surface area contributed by atoms with Crippen LogP contribution in [0.15, 0.2) is 76.6 Å². The van der Waals surface area contributed by atoms with E-state index < -0.39 is 23.9 Å². The Balaban J connectivity index is 0.000000319. The predicted molar refractivity (Wildman–Crippen MR) is 159 cm³/mol. The molecule has 1 fully saturated rings. The Labute approximate surface area is 252 Å². The van der Waals surface area contributed by atoms with Crippen molar-refractivity contribution in [1.29, 1.82) is 0 Å². The van der Waals surface area contributed by atoms with Crippen LogP contribution in [0.3, 0.4) is 0 Å². The van der Waals surface area contributed by atoms with Gasteiger partial charge in [0.1, 0.15) is 0 Å². The van der Waals surface area contributed by atoms with Gasteiger partial charge in [-0.05, 0) is 61.3 Å². The number of hydrogen-bond acceptors (Lipinski definition) is 8. The molecule has 2 heterocycles. The second kappa shape index (κ2) is 18.0. The Hall–Kier alpha value is -3.68. The van der Waals surface area contributed by atoms with Gasteiger partial charge < -0.3 is 31.1 Å². The van der Waals surface area contributed by atoms with Gasteiger partial charge in [-0.1, -0.05) is 41.6 Å². The number of halogens is 1. The summed E-state index contributed by atoms with van der Waals surface area (Å²) < 4.78 is 0. The third kappa shape index (κ3) is 12.5. The minimum absolute atomic E-state index is 0.400. The van der Waals surface area contributed by atoms with Crippen LogP contribution in [-0.2, 0) is 25.6 Å². The minimum Gasteiger partial charge on any atom is -0.478 e. The molecule has 0 saturated carbocycles. The SMILES string of the molecule is NCCCN1CCN(C2Cc3ccccc3Sc3ccc(Cl)cc32)CC1.O=C(O)/C=C/C(=O)O.O=C(O)/C=C/C(=O)O. The summed E-state index contributed by atoms with van der Waals surface area (Å²) >= 11 is 8.26. The first-order chi connectivity index (χ1) is 20.0. The summed E-state index contributed by atoms with van der Waals surface area (Å²) in [5, 5.41) is 32.1. The van der Waals surface area contributed by atoms with Crippen LogP contribution < -0.4 is 5.73 Å². The van der Waals surface area contributed by atoms with Crippen LogP contribution in [-0.4, -0.2) is 93.4 Å². The van der Waals surface area contributed by atoms with Gasteiger partial charge in [0.2, 0.25) is 0 Å². The topological polar surface area (TPSA) is 182 Å². The molecule has 2 aliphatic rings. The lowest BCUT2D eigenvalue weighted by Crippen LogP contribution is -2.48. The number of carbonyl (C=O) groups is 4. The number of benzene rings is 2. The third-order valence-corrected chi connectivity index (χ3v) is 7.64. The molecule has 2 aromatic carbocycles. The molecule has 6 N–H and O–H groups in total. The van der Waals surface area contributed by atoms with E-state index >= 15 is 0 Å². The molecule has 226 valence electrons. The van der Waals surface area contributed by atoms with Crippen LogP contribution in [0.4, 0.5) is 0 Å². The Morgan fingerprint density at radius 2 is 1.38 bits per heavy atom. The minimum atomic E-state index is -1.26. The zero-order valence-electron chi connectivity index (χ0n) is 22.8. The second-order valence-corrected chi connectivity index (χ2v) is 10.7. The molecule has 1 saturated heterocycles. The number of rotatable bonds is 8. The lowest BCUT2D eigenvalue weighted by atomic mass is 9.96. The molecular weight excluding hydrogens is 586 g/mol. The maximum Gasteiger partial charge on any atom is 0.328 e. The number of nitrogens with zero attached hydrogens (tertiary/aromatic N) is 2. The van der Waals surface area contributed by atoms with Crippen LogP contribution in [0.2, 0.25) is 5.02 Å². The summed E-state index contributed by atoms with van der Waals surface area (Å²) in [6.07, 6.45) is 4.38. The Bertz CT molecular complexity index is 1230. The molecule has 2 aromatic rings. The maximum atomic E-state index is 9.55. The first-order valence-corrected chi connectivity index (χ1v) is 14.2. The number of hydrogen-bond donors (Lipinski definition) is 5. The number of nitrogens with two attached hydrogens (primary N) is 1. The van der Waals surface area contributed by atoms with Crippen molar-refractivity contribution in [2.45, 2.75) is 28.7 Å². The smallest absolute Gasteiger partial charge is 0.328 e. The van der Waals surface area contributed by atoms with Gasteiger partial charge in [0.05, 0.1) is 0 Å². The van der Waals surface area contributed by atoms with Crippen molar-refractivity contribution >= 4 is 47.2 Å². The van der Waals surface area contributed by atoms with Gasteiger partial charge in [0, 0.05) is 71.3 Å². The fourth-order valence-electron chi connectivity index (χ4n) is 4.31. The highest BCUT2D eigenvalue weighted by Crippen LogP contribution is 2.43. The maximum absolute atomic E-state index is 9.55. The highest BCUT2D eigenvalue weighted by Gasteiger charge is 2.30. The quantitative estimate of drug-likeness (QED) is 0.272. The van der Waals surface area contributed by atoms with Gasteiger partial charge in [0.25, 0.3) is 0 Å². The molecule has 0 bridgehead atoms. The first-order valence-electron chi connectivity index (χ1n) is 13.0. The molecule has 1 atom stereocenters. The molecule has 0 radical (unpaired) electrons. The molecule has 11 nitrogen and oxygen atoms in total. The molecular formula is C29H34ClN3O8S. The average molecular weight is 620 g/mol. The number of carboxylic acids is 4. The van der Waals surface area contributed by atoms with E-state index in [-0.39, 0.29) is 0 Å². The zero-order chi connectivity index (χ0) is 31.1. The van der Waals surface area contributed by atoms with Gasteiger partial charge in [-0.3, -0.25) is 4.90 Å². The van der Waals surface area contributed by atoms with Gasteiger partial charge >= 0.3 is 23.9 Å². The second-order valence-electron chi connectivity index (χ2n) is 9.15. The van der Waals surface area contributed by atoms with Crippen LogP contribution >= 0.6 is 23.4 Å². The van der Waals surface area contributed by atoms with Crippen LogP contribution in [0.5, 0.6) is 0 Å². The summed E-state index contributed by atoms with van der Waals surface area (Å²) in [6, 6.07) is 15.6. The fourth-order valence-corrected chi connectivity index (χ4v) is 5.60. The molecule has 42 heavy (non-hydrogen) atoms. The number of aliphatic carboxylic acids is 4. The normalized spacial score (nSPS) is 16.7. The van der Waals surface area contributed by atoms with Gasteiger partial charge in [-0.15, -0.1) is 0 Å². The highest BCUT2D eigenvalue weighted by atomic mass is 35.5. The zero-order valence-corrected chi connectivity index (χ0v) is 24.3. The van der Waals surface area contributed by atoms with E-state index in [0.717, 1.165) is 57.1 Å².